The summed E-state index contributed by atoms with van der Waals surface area (Å²) in [6, 6.07) is 11.7. The predicted molar refractivity (Wildman–Crippen MR) is 109 cm³/mol. The van der Waals surface area contributed by atoms with Gasteiger partial charge in [-0.3, -0.25) is 4.79 Å². The van der Waals surface area contributed by atoms with Crippen molar-refractivity contribution in [2.24, 2.45) is 0 Å². The van der Waals surface area contributed by atoms with Gasteiger partial charge in [0.25, 0.3) is 0 Å². The Kier molecular flexibility index (Phi) is 6.37. The molecule has 1 N–H and O–H groups in total. The number of hydrogen-bond donors (Lipinski definition) is 1. The highest BCUT2D eigenvalue weighted by atomic mass is 35.5. The van der Waals surface area contributed by atoms with Crippen molar-refractivity contribution in [2.75, 3.05) is 20.3 Å². The van der Waals surface area contributed by atoms with Crippen molar-refractivity contribution < 1.29 is 9.53 Å². The number of methoxy groups -OCH3 is 1. The lowest BCUT2D eigenvalue weighted by atomic mass is 10.1. The van der Waals surface area contributed by atoms with E-state index in [0.717, 1.165) is 22.4 Å². The van der Waals surface area contributed by atoms with Crippen molar-refractivity contribution in [1.29, 1.82) is 0 Å². The molecule has 0 aliphatic rings. The van der Waals surface area contributed by atoms with Crippen LogP contribution in [-0.4, -0.2) is 35.7 Å². The lowest BCUT2D eigenvalue weighted by Crippen LogP contribution is -2.30. The number of aromatic nitrogens is 2. The van der Waals surface area contributed by atoms with Crippen molar-refractivity contribution in [2.45, 2.75) is 19.9 Å². The lowest BCUT2D eigenvalue weighted by molar-refractivity contribution is -0.121. The van der Waals surface area contributed by atoms with Gasteiger partial charge in [0, 0.05) is 20.1 Å². The van der Waals surface area contributed by atoms with Gasteiger partial charge in [-0.1, -0.05) is 53.0 Å². The number of halogens is 2. The largest absolute Gasteiger partial charge is 0.383 e. The summed E-state index contributed by atoms with van der Waals surface area (Å²) in [4.78, 5) is 17.1. The Morgan fingerprint density at radius 2 is 2.00 bits per heavy atom. The van der Waals surface area contributed by atoms with Crippen LogP contribution in [0.2, 0.25) is 10.0 Å². The molecule has 5 nitrogen and oxygen atoms in total. The normalized spacial score (nSPS) is 11.1. The van der Waals surface area contributed by atoms with Crippen molar-refractivity contribution in [1.82, 2.24) is 14.9 Å². The summed E-state index contributed by atoms with van der Waals surface area (Å²) in [6.45, 7) is 3.13. The second kappa shape index (κ2) is 8.74. The molecule has 0 radical (unpaired) electrons. The Labute approximate surface area is 168 Å². The molecule has 2 aromatic carbocycles. The van der Waals surface area contributed by atoms with Crippen molar-refractivity contribution in [3.8, 4) is 0 Å². The minimum Gasteiger partial charge on any atom is -0.383 e. The predicted octanol–water partition coefficient (Wildman–Crippen LogP) is 4.00. The molecule has 0 aliphatic heterocycles. The van der Waals surface area contributed by atoms with Crippen molar-refractivity contribution in [3.05, 3.63) is 63.4 Å². The number of imidazole rings is 1. The molecule has 27 heavy (non-hydrogen) atoms. The standard InChI is InChI=1S/C20H21Cl2N3O2/c1-13-4-3-5-14(8-13)9-19-24-17-10-15(21)16(22)11-18(17)25(19)12-20(26)23-6-7-27-2/h3-5,8,10-11H,6-7,9,12H2,1-2H3,(H,23,26). The van der Waals surface area contributed by atoms with Crippen LogP contribution < -0.4 is 5.32 Å². The van der Waals surface area contributed by atoms with Gasteiger partial charge in [-0.05, 0) is 24.6 Å². The molecule has 1 amide bonds. The third kappa shape index (κ3) is 4.80. The number of aryl methyl sites for hydroxylation is 1. The molecule has 1 aromatic heterocycles. The summed E-state index contributed by atoms with van der Waals surface area (Å²) in [5.41, 5.74) is 3.81. The fourth-order valence-electron chi connectivity index (χ4n) is 2.98. The van der Waals surface area contributed by atoms with E-state index in [1.54, 1.807) is 19.2 Å². The van der Waals surface area contributed by atoms with Crippen LogP contribution in [0.1, 0.15) is 17.0 Å². The highest BCUT2D eigenvalue weighted by molar-refractivity contribution is 6.42. The maximum atomic E-state index is 12.4. The van der Waals surface area contributed by atoms with E-state index in [9.17, 15) is 4.79 Å². The van der Waals surface area contributed by atoms with E-state index in [2.05, 4.69) is 30.4 Å². The number of nitrogens with zero attached hydrogens (tertiary/aromatic N) is 2. The lowest BCUT2D eigenvalue weighted by Gasteiger charge is -2.11. The number of hydrogen-bond acceptors (Lipinski definition) is 3. The monoisotopic (exact) mass is 405 g/mol. The first kappa shape index (κ1) is 19.7. The van der Waals surface area contributed by atoms with E-state index in [1.807, 2.05) is 10.6 Å². The molecule has 0 atom stereocenters. The van der Waals surface area contributed by atoms with Crippen LogP contribution in [0.3, 0.4) is 0 Å². The van der Waals surface area contributed by atoms with Crippen LogP contribution in [0.5, 0.6) is 0 Å². The summed E-state index contributed by atoms with van der Waals surface area (Å²) >= 11 is 12.3. The number of ether oxygens (including phenoxy) is 1. The molecular formula is C20H21Cl2N3O2. The highest BCUT2D eigenvalue weighted by Gasteiger charge is 2.16. The van der Waals surface area contributed by atoms with Crippen LogP contribution >= 0.6 is 23.2 Å². The molecule has 0 unspecified atom stereocenters. The Balaban J connectivity index is 1.96. The Morgan fingerprint density at radius 1 is 1.22 bits per heavy atom. The molecule has 0 saturated heterocycles. The molecule has 0 aliphatic carbocycles. The Morgan fingerprint density at radius 3 is 2.74 bits per heavy atom. The van der Waals surface area contributed by atoms with Gasteiger partial charge in [-0.2, -0.15) is 0 Å². The minimum absolute atomic E-state index is 0.108. The molecule has 0 fully saturated rings. The first-order valence-corrected chi connectivity index (χ1v) is 9.39. The highest BCUT2D eigenvalue weighted by Crippen LogP contribution is 2.29. The van der Waals surface area contributed by atoms with E-state index in [4.69, 9.17) is 32.9 Å². The topological polar surface area (TPSA) is 56.1 Å². The summed E-state index contributed by atoms with van der Waals surface area (Å²) in [6.07, 6.45) is 0.608. The maximum Gasteiger partial charge on any atom is 0.240 e. The average Bonchev–Trinajstić information content (AvgIpc) is 2.92. The second-order valence-corrected chi connectivity index (χ2v) is 7.19. The van der Waals surface area contributed by atoms with Gasteiger partial charge in [0.1, 0.15) is 12.4 Å². The van der Waals surface area contributed by atoms with Crippen LogP contribution in [0.4, 0.5) is 0 Å². The molecule has 0 bridgehead atoms. The third-order valence-corrected chi connectivity index (χ3v) is 4.97. The van der Waals surface area contributed by atoms with Crippen LogP contribution in [0, 0.1) is 6.92 Å². The quantitative estimate of drug-likeness (QED) is 0.604. The zero-order valence-electron chi connectivity index (χ0n) is 15.3. The van der Waals surface area contributed by atoms with Gasteiger partial charge < -0.3 is 14.6 Å². The average molecular weight is 406 g/mol. The minimum atomic E-state index is -0.108. The summed E-state index contributed by atoms with van der Waals surface area (Å²) in [5.74, 6) is 0.679. The number of amides is 1. The van der Waals surface area contributed by atoms with Crippen molar-refractivity contribution in [3.63, 3.8) is 0 Å². The summed E-state index contributed by atoms with van der Waals surface area (Å²) in [7, 11) is 1.60. The fraction of sp³-hybridized carbons (Fsp3) is 0.300. The van der Waals surface area contributed by atoms with Crippen LogP contribution in [-0.2, 0) is 22.5 Å². The Hall–Kier alpha value is -2.08. The van der Waals surface area contributed by atoms with E-state index in [0.29, 0.717) is 29.6 Å². The number of nitrogens with one attached hydrogen (secondary N) is 1. The smallest absolute Gasteiger partial charge is 0.240 e. The van der Waals surface area contributed by atoms with Crippen LogP contribution in [0.15, 0.2) is 36.4 Å². The van der Waals surface area contributed by atoms with Crippen LogP contribution in [0.25, 0.3) is 11.0 Å². The second-order valence-electron chi connectivity index (χ2n) is 6.38. The molecule has 0 saturated carbocycles. The molecule has 7 heteroatoms. The molecule has 3 aromatic rings. The first-order chi connectivity index (χ1) is 13.0. The zero-order chi connectivity index (χ0) is 19.4. The van der Waals surface area contributed by atoms with Gasteiger partial charge >= 0.3 is 0 Å². The van der Waals surface area contributed by atoms with E-state index >= 15 is 0 Å². The van der Waals surface area contributed by atoms with E-state index in [1.165, 1.54) is 5.56 Å². The molecule has 0 spiro atoms. The first-order valence-electron chi connectivity index (χ1n) is 8.63. The van der Waals surface area contributed by atoms with Crippen molar-refractivity contribution >= 4 is 40.1 Å². The Bertz CT molecular complexity index is 969. The number of fused-ring (bicyclic) bond motifs is 1. The number of carbonyl (C=O) groups excluding carboxylic acids is 1. The van der Waals surface area contributed by atoms with E-state index < -0.39 is 0 Å². The van der Waals surface area contributed by atoms with E-state index in [-0.39, 0.29) is 12.5 Å². The zero-order valence-corrected chi connectivity index (χ0v) is 16.8. The maximum absolute atomic E-state index is 12.4. The summed E-state index contributed by atoms with van der Waals surface area (Å²) < 4.78 is 6.87. The molecule has 142 valence electrons. The third-order valence-electron chi connectivity index (χ3n) is 4.24. The molecule has 1 heterocycles. The van der Waals surface area contributed by atoms with Gasteiger partial charge in [-0.15, -0.1) is 0 Å². The molecular weight excluding hydrogens is 385 g/mol. The van der Waals surface area contributed by atoms with Gasteiger partial charge in [0.2, 0.25) is 5.91 Å². The van der Waals surface area contributed by atoms with Gasteiger partial charge in [-0.25, -0.2) is 4.98 Å². The molecule has 3 rings (SSSR count). The fourth-order valence-corrected chi connectivity index (χ4v) is 3.29. The number of rotatable bonds is 7. The SMILES string of the molecule is COCCNC(=O)Cn1c(Cc2cccc(C)c2)nc2cc(Cl)c(Cl)cc21. The summed E-state index contributed by atoms with van der Waals surface area (Å²) in [5, 5.41) is 3.72. The number of benzene rings is 2. The van der Waals surface area contributed by atoms with Gasteiger partial charge in [0.15, 0.2) is 0 Å². The number of carbonyl (C=O) groups is 1. The van der Waals surface area contributed by atoms with Gasteiger partial charge in [0.05, 0.1) is 27.7 Å².